The van der Waals surface area contributed by atoms with Gasteiger partial charge < -0.3 is 25.2 Å². The molecule has 1 aliphatic carbocycles. The minimum atomic E-state index is -0.406. The predicted octanol–water partition coefficient (Wildman–Crippen LogP) is 6.54. The zero-order valence-electron chi connectivity index (χ0n) is 19.6. The Kier molecular flexibility index (Phi) is 6.43. The smallest absolute Gasteiger partial charge is 0.172 e. The molecule has 1 aliphatic heterocycles. The highest BCUT2D eigenvalue weighted by Crippen LogP contribution is 2.46. The van der Waals surface area contributed by atoms with Crippen LogP contribution >= 0.6 is 15.9 Å². The Morgan fingerprint density at radius 1 is 1.03 bits per heavy atom. The number of rotatable bonds is 5. The molecular formula is C28H27BrN2O4. The van der Waals surface area contributed by atoms with Crippen LogP contribution in [0.1, 0.15) is 42.9 Å². The molecule has 1 heterocycles. The van der Waals surface area contributed by atoms with Crippen LogP contribution in [0.2, 0.25) is 0 Å². The fraction of sp³-hybridized carbons (Fsp3) is 0.250. The Labute approximate surface area is 213 Å². The average Bonchev–Trinajstić information content (AvgIpc) is 3.03. The SMILES string of the molecule is CCOc1cc([C@@H]2Nc3ccccc3NC3=C2C(=O)C[C@@H](c2cccc(OC)c2)C3)cc(Br)c1O. The predicted molar refractivity (Wildman–Crippen MR) is 140 cm³/mol. The van der Waals surface area contributed by atoms with Gasteiger partial charge in [0.15, 0.2) is 17.3 Å². The van der Waals surface area contributed by atoms with Crippen LogP contribution in [0.25, 0.3) is 0 Å². The van der Waals surface area contributed by atoms with E-state index in [4.69, 9.17) is 9.47 Å². The lowest BCUT2D eigenvalue weighted by molar-refractivity contribution is -0.116. The van der Waals surface area contributed by atoms with Gasteiger partial charge in [0.2, 0.25) is 0 Å². The third-order valence-corrected chi connectivity index (χ3v) is 7.16. The summed E-state index contributed by atoms with van der Waals surface area (Å²) in [6.07, 6.45) is 1.10. The van der Waals surface area contributed by atoms with Gasteiger partial charge in [0.25, 0.3) is 0 Å². The summed E-state index contributed by atoms with van der Waals surface area (Å²) in [6, 6.07) is 19.1. The number of Topliss-reactive ketones (excluding diaryl/α,β-unsaturated/α-hetero) is 1. The summed E-state index contributed by atoms with van der Waals surface area (Å²) in [5.74, 6) is 1.33. The monoisotopic (exact) mass is 534 g/mol. The highest BCUT2D eigenvalue weighted by Gasteiger charge is 2.36. The van der Waals surface area contributed by atoms with Crippen molar-refractivity contribution in [2.45, 2.75) is 31.7 Å². The second kappa shape index (κ2) is 9.66. The fourth-order valence-corrected chi connectivity index (χ4v) is 5.36. The molecule has 0 amide bonds. The number of para-hydroxylation sites is 2. The number of aromatic hydroxyl groups is 1. The van der Waals surface area contributed by atoms with Crippen LogP contribution in [-0.4, -0.2) is 24.6 Å². The molecule has 180 valence electrons. The summed E-state index contributed by atoms with van der Waals surface area (Å²) in [5, 5.41) is 17.6. The minimum absolute atomic E-state index is 0.0419. The Morgan fingerprint density at radius 3 is 2.60 bits per heavy atom. The number of benzene rings is 3. The van der Waals surface area contributed by atoms with E-state index in [0.717, 1.165) is 33.9 Å². The first-order valence-corrected chi connectivity index (χ1v) is 12.5. The number of allylic oxidation sites excluding steroid dienone is 1. The van der Waals surface area contributed by atoms with E-state index in [1.165, 1.54) is 0 Å². The first-order valence-electron chi connectivity index (χ1n) is 11.7. The number of carbonyl (C=O) groups is 1. The van der Waals surface area contributed by atoms with Gasteiger partial charge in [-0.3, -0.25) is 4.79 Å². The Balaban J connectivity index is 1.62. The van der Waals surface area contributed by atoms with Crippen molar-refractivity contribution >= 4 is 33.1 Å². The summed E-state index contributed by atoms with van der Waals surface area (Å²) in [6.45, 7) is 2.29. The van der Waals surface area contributed by atoms with Crippen LogP contribution in [0.4, 0.5) is 11.4 Å². The number of ketones is 1. The summed E-state index contributed by atoms with van der Waals surface area (Å²) >= 11 is 3.46. The minimum Gasteiger partial charge on any atom is -0.503 e. The van der Waals surface area contributed by atoms with Crippen molar-refractivity contribution in [1.29, 1.82) is 0 Å². The molecule has 5 rings (SSSR count). The number of carbonyl (C=O) groups excluding carboxylic acids is 1. The van der Waals surface area contributed by atoms with Crippen molar-refractivity contribution in [2.24, 2.45) is 0 Å². The molecule has 0 spiro atoms. The Morgan fingerprint density at radius 2 is 1.83 bits per heavy atom. The maximum Gasteiger partial charge on any atom is 0.172 e. The van der Waals surface area contributed by atoms with Crippen LogP contribution in [0.5, 0.6) is 17.2 Å². The van der Waals surface area contributed by atoms with Crippen molar-refractivity contribution in [3.63, 3.8) is 0 Å². The Bertz CT molecular complexity index is 1320. The molecule has 0 radical (unpaired) electrons. The molecule has 3 aromatic carbocycles. The zero-order valence-corrected chi connectivity index (χ0v) is 21.2. The number of hydrogen-bond acceptors (Lipinski definition) is 6. The van der Waals surface area contributed by atoms with Crippen LogP contribution in [-0.2, 0) is 4.79 Å². The van der Waals surface area contributed by atoms with E-state index in [9.17, 15) is 9.90 Å². The highest BCUT2D eigenvalue weighted by molar-refractivity contribution is 9.10. The first-order chi connectivity index (χ1) is 17.0. The van der Waals surface area contributed by atoms with Gasteiger partial charge in [0.1, 0.15) is 5.75 Å². The van der Waals surface area contributed by atoms with Gasteiger partial charge in [-0.25, -0.2) is 0 Å². The number of hydrogen-bond donors (Lipinski definition) is 3. The van der Waals surface area contributed by atoms with Crippen LogP contribution in [0, 0.1) is 0 Å². The molecule has 0 bridgehead atoms. The number of anilines is 2. The maximum atomic E-state index is 13.8. The fourth-order valence-electron chi connectivity index (χ4n) is 4.90. The molecule has 0 unspecified atom stereocenters. The molecule has 3 aromatic rings. The number of nitrogens with one attached hydrogen (secondary N) is 2. The third-order valence-electron chi connectivity index (χ3n) is 6.56. The van der Waals surface area contributed by atoms with Crippen LogP contribution in [0.3, 0.4) is 0 Å². The molecule has 0 saturated carbocycles. The van der Waals surface area contributed by atoms with Crippen molar-refractivity contribution < 1.29 is 19.4 Å². The van der Waals surface area contributed by atoms with E-state index >= 15 is 0 Å². The van der Waals surface area contributed by atoms with E-state index in [0.29, 0.717) is 35.2 Å². The molecule has 35 heavy (non-hydrogen) atoms. The summed E-state index contributed by atoms with van der Waals surface area (Å²) in [5.41, 5.74) is 5.35. The number of phenolic OH excluding ortho intramolecular Hbond substituents is 1. The molecule has 6 nitrogen and oxygen atoms in total. The standard InChI is InChI=1S/C28H27BrN2O4/c1-3-35-25-15-18(12-20(29)28(25)33)27-26-23(30-21-9-4-5-10-22(21)31-27)13-17(14-24(26)32)16-7-6-8-19(11-16)34-2/h4-12,15,17,27,30-31,33H,3,13-14H2,1-2H3/t17-,27-/m0/s1. The summed E-state index contributed by atoms with van der Waals surface area (Å²) in [7, 11) is 1.65. The quantitative estimate of drug-likeness (QED) is 0.344. The first kappa shape index (κ1) is 23.3. The number of methoxy groups -OCH3 is 1. The van der Waals surface area contributed by atoms with Gasteiger partial charge in [0, 0.05) is 17.7 Å². The van der Waals surface area contributed by atoms with Crippen LogP contribution in [0.15, 0.2) is 76.4 Å². The van der Waals surface area contributed by atoms with E-state index < -0.39 is 6.04 Å². The number of fused-ring (bicyclic) bond motifs is 1. The van der Waals surface area contributed by atoms with Crippen molar-refractivity contribution in [3.8, 4) is 17.2 Å². The van der Waals surface area contributed by atoms with Gasteiger partial charge in [-0.1, -0.05) is 24.3 Å². The largest absolute Gasteiger partial charge is 0.503 e. The molecule has 7 heteroatoms. The van der Waals surface area contributed by atoms with Gasteiger partial charge in [-0.15, -0.1) is 0 Å². The maximum absolute atomic E-state index is 13.8. The molecule has 2 aliphatic rings. The van der Waals surface area contributed by atoms with E-state index in [-0.39, 0.29) is 17.5 Å². The topological polar surface area (TPSA) is 79.8 Å². The van der Waals surface area contributed by atoms with Gasteiger partial charge in [-0.2, -0.15) is 0 Å². The zero-order chi connectivity index (χ0) is 24.5. The highest BCUT2D eigenvalue weighted by atomic mass is 79.9. The lowest BCUT2D eigenvalue weighted by Gasteiger charge is -2.30. The van der Waals surface area contributed by atoms with Crippen molar-refractivity contribution in [3.05, 3.63) is 87.5 Å². The number of halogens is 1. The third kappa shape index (κ3) is 4.48. The molecule has 3 N–H and O–H groups in total. The normalized spacial score (nSPS) is 19.1. The molecule has 0 aromatic heterocycles. The second-order valence-corrected chi connectivity index (χ2v) is 9.58. The summed E-state index contributed by atoms with van der Waals surface area (Å²) in [4.78, 5) is 13.8. The van der Waals surface area contributed by atoms with Gasteiger partial charge >= 0.3 is 0 Å². The second-order valence-electron chi connectivity index (χ2n) is 8.73. The number of phenols is 1. The lowest BCUT2D eigenvalue weighted by Crippen LogP contribution is -2.27. The van der Waals surface area contributed by atoms with Gasteiger partial charge in [-0.05, 0) is 82.7 Å². The Hall–Kier alpha value is -3.45. The summed E-state index contributed by atoms with van der Waals surface area (Å²) < 4.78 is 11.6. The lowest BCUT2D eigenvalue weighted by atomic mass is 9.78. The van der Waals surface area contributed by atoms with E-state index in [2.05, 4.69) is 32.6 Å². The van der Waals surface area contributed by atoms with Gasteiger partial charge in [0.05, 0.1) is 35.6 Å². The van der Waals surface area contributed by atoms with Crippen molar-refractivity contribution in [1.82, 2.24) is 0 Å². The number of ether oxygens (including phenoxy) is 2. The molecule has 2 atom stereocenters. The molecule has 0 fully saturated rings. The van der Waals surface area contributed by atoms with E-state index in [1.807, 2.05) is 55.5 Å². The average molecular weight is 535 g/mol. The van der Waals surface area contributed by atoms with Crippen LogP contribution < -0.4 is 20.1 Å². The van der Waals surface area contributed by atoms with Crippen molar-refractivity contribution in [2.75, 3.05) is 24.4 Å². The molecular weight excluding hydrogens is 508 g/mol. The van der Waals surface area contributed by atoms with E-state index in [1.54, 1.807) is 13.2 Å². The molecule has 0 saturated heterocycles.